The minimum atomic E-state index is -2.98. The zero-order valence-electron chi connectivity index (χ0n) is 6.21. The van der Waals surface area contributed by atoms with Gasteiger partial charge >= 0.3 is 8.56 Å². The Balaban J connectivity index is 2.39. The Kier molecular flexibility index (Phi) is 2.46. The summed E-state index contributed by atoms with van der Waals surface area (Å²) in [7, 11) is -2.98. The first-order valence-electron chi connectivity index (χ1n) is 3.67. The second-order valence-electron chi connectivity index (χ2n) is 2.95. The largest absolute Gasteiger partial charge is 0.409 e. The molecule has 1 fully saturated rings. The van der Waals surface area contributed by atoms with Crippen molar-refractivity contribution in [2.45, 2.75) is 31.5 Å². The van der Waals surface area contributed by atoms with Crippen molar-refractivity contribution < 1.29 is 14.3 Å². The molecule has 4 heteroatoms. The Bertz CT molecular complexity index is 104. The van der Waals surface area contributed by atoms with Crippen molar-refractivity contribution in [3.05, 3.63) is 0 Å². The average molecular weight is 162 g/mol. The van der Waals surface area contributed by atoms with Crippen LogP contribution in [0.25, 0.3) is 0 Å². The van der Waals surface area contributed by atoms with Crippen LogP contribution in [-0.2, 0) is 4.74 Å². The Morgan fingerprint density at radius 1 is 1.40 bits per heavy atom. The van der Waals surface area contributed by atoms with E-state index >= 15 is 0 Å². The molecule has 1 saturated heterocycles. The average Bonchev–Trinajstić information content (AvgIpc) is 1.88. The molecule has 0 aliphatic carbocycles. The summed E-state index contributed by atoms with van der Waals surface area (Å²) in [6.07, 6.45) is 2.94. The van der Waals surface area contributed by atoms with Crippen molar-refractivity contribution >= 4 is 8.56 Å². The maximum atomic E-state index is 9.21. The first kappa shape index (κ1) is 8.20. The molecule has 0 spiro atoms. The lowest BCUT2D eigenvalue weighted by Gasteiger charge is -2.28. The molecule has 0 saturated carbocycles. The van der Waals surface area contributed by atoms with Crippen LogP contribution in [0.4, 0.5) is 0 Å². The van der Waals surface area contributed by atoms with Crippen LogP contribution in [0.2, 0.25) is 6.55 Å². The van der Waals surface area contributed by atoms with E-state index in [1.165, 1.54) is 6.55 Å². The lowest BCUT2D eigenvalue weighted by molar-refractivity contribution is 0.0369. The van der Waals surface area contributed by atoms with Gasteiger partial charge in [-0.15, -0.1) is 0 Å². The minimum Gasteiger partial charge on any atom is -0.409 e. The van der Waals surface area contributed by atoms with E-state index in [0.29, 0.717) is 6.61 Å². The lowest BCUT2D eigenvalue weighted by Crippen LogP contribution is -2.48. The molecule has 0 amide bonds. The molecule has 1 atom stereocenters. The van der Waals surface area contributed by atoms with Crippen LogP contribution in [-0.4, -0.2) is 30.5 Å². The first-order chi connectivity index (χ1) is 4.61. The third-order valence-electron chi connectivity index (χ3n) is 1.79. The topological polar surface area (TPSA) is 49.7 Å². The van der Waals surface area contributed by atoms with E-state index in [-0.39, 0.29) is 5.73 Å². The molecule has 3 nitrogen and oxygen atoms in total. The quantitative estimate of drug-likeness (QED) is 0.540. The van der Waals surface area contributed by atoms with Crippen LogP contribution in [0.5, 0.6) is 0 Å². The fourth-order valence-electron chi connectivity index (χ4n) is 1.17. The van der Waals surface area contributed by atoms with Gasteiger partial charge in [-0.25, -0.2) is 0 Å². The maximum Gasteiger partial charge on any atom is 0.359 e. The monoisotopic (exact) mass is 162 g/mol. The second kappa shape index (κ2) is 3.00. The van der Waals surface area contributed by atoms with Gasteiger partial charge in [-0.1, -0.05) is 0 Å². The van der Waals surface area contributed by atoms with Gasteiger partial charge < -0.3 is 14.3 Å². The number of hydrogen-bond acceptors (Lipinski definition) is 3. The molecule has 1 heterocycles. The summed E-state index contributed by atoms with van der Waals surface area (Å²) in [5.74, 6) is 0. The van der Waals surface area contributed by atoms with Gasteiger partial charge in [-0.2, -0.15) is 0 Å². The van der Waals surface area contributed by atoms with Crippen molar-refractivity contribution in [3.63, 3.8) is 0 Å². The molecule has 10 heavy (non-hydrogen) atoms. The first-order valence-corrected chi connectivity index (χ1v) is 6.14. The van der Waals surface area contributed by atoms with Crippen molar-refractivity contribution in [2.75, 3.05) is 6.61 Å². The maximum absolute atomic E-state index is 9.21. The third-order valence-corrected chi connectivity index (χ3v) is 3.46. The van der Waals surface area contributed by atoms with Gasteiger partial charge in [0.15, 0.2) is 0 Å². The van der Waals surface area contributed by atoms with Crippen LogP contribution in [0.15, 0.2) is 0 Å². The number of hydrogen-bond donors (Lipinski definition) is 2. The summed E-state index contributed by atoms with van der Waals surface area (Å²) in [4.78, 5) is 18.4. The molecular formula is C6H14O3Si. The van der Waals surface area contributed by atoms with Gasteiger partial charge in [0.25, 0.3) is 0 Å². The van der Waals surface area contributed by atoms with E-state index in [0.717, 1.165) is 19.3 Å². The van der Waals surface area contributed by atoms with Gasteiger partial charge in [0.1, 0.15) is 5.73 Å². The smallest absolute Gasteiger partial charge is 0.359 e. The van der Waals surface area contributed by atoms with Crippen LogP contribution in [0.3, 0.4) is 0 Å². The zero-order valence-corrected chi connectivity index (χ0v) is 7.21. The molecule has 0 aromatic rings. The summed E-state index contributed by atoms with van der Waals surface area (Å²) in [6.45, 7) is 2.19. The standard InChI is InChI=1S/C6H14O3Si/c1-10(7,8)6-4-2-3-5-9-6/h6-8H,2-5H2,1H3. The third kappa shape index (κ3) is 2.05. The Morgan fingerprint density at radius 3 is 2.40 bits per heavy atom. The van der Waals surface area contributed by atoms with E-state index in [2.05, 4.69) is 0 Å². The van der Waals surface area contributed by atoms with E-state index in [4.69, 9.17) is 4.74 Å². The number of rotatable bonds is 1. The summed E-state index contributed by atoms with van der Waals surface area (Å²) in [5.41, 5.74) is -0.249. The Hall–Kier alpha value is 0.0969. The van der Waals surface area contributed by atoms with Crippen LogP contribution < -0.4 is 0 Å². The highest BCUT2D eigenvalue weighted by atomic mass is 28.4. The van der Waals surface area contributed by atoms with E-state index in [1.807, 2.05) is 0 Å². The van der Waals surface area contributed by atoms with Gasteiger partial charge in [-0.05, 0) is 25.8 Å². The lowest BCUT2D eigenvalue weighted by atomic mass is 10.2. The normalized spacial score (nSPS) is 28.5. The van der Waals surface area contributed by atoms with Crippen LogP contribution in [0.1, 0.15) is 19.3 Å². The molecule has 2 N–H and O–H groups in total. The fourth-order valence-corrected chi connectivity index (χ4v) is 2.36. The highest BCUT2D eigenvalue weighted by molar-refractivity contribution is 6.64. The second-order valence-corrected chi connectivity index (χ2v) is 5.78. The highest BCUT2D eigenvalue weighted by Gasteiger charge is 2.36. The van der Waals surface area contributed by atoms with Crippen molar-refractivity contribution in [1.82, 2.24) is 0 Å². The fraction of sp³-hybridized carbons (Fsp3) is 1.00. The van der Waals surface area contributed by atoms with Crippen molar-refractivity contribution in [2.24, 2.45) is 0 Å². The molecule has 1 aliphatic rings. The molecule has 1 rings (SSSR count). The molecule has 1 unspecified atom stereocenters. The van der Waals surface area contributed by atoms with E-state index in [1.54, 1.807) is 0 Å². The summed E-state index contributed by atoms with van der Waals surface area (Å²) < 4.78 is 5.20. The molecule has 0 aromatic heterocycles. The molecule has 0 bridgehead atoms. The molecule has 0 radical (unpaired) electrons. The molecule has 60 valence electrons. The molecule has 0 aromatic carbocycles. The Labute approximate surface area is 61.9 Å². The van der Waals surface area contributed by atoms with E-state index < -0.39 is 8.56 Å². The van der Waals surface area contributed by atoms with Gasteiger partial charge in [-0.3, -0.25) is 0 Å². The summed E-state index contributed by atoms with van der Waals surface area (Å²) in [5, 5.41) is 0. The Morgan fingerprint density at radius 2 is 2.10 bits per heavy atom. The zero-order chi connectivity index (χ0) is 7.61. The van der Waals surface area contributed by atoms with Crippen molar-refractivity contribution in [1.29, 1.82) is 0 Å². The molecular weight excluding hydrogens is 148 g/mol. The van der Waals surface area contributed by atoms with Crippen molar-refractivity contribution in [3.8, 4) is 0 Å². The SMILES string of the molecule is C[Si](O)(O)C1CCCCO1. The number of ether oxygens (including phenoxy) is 1. The van der Waals surface area contributed by atoms with Gasteiger partial charge in [0, 0.05) is 6.61 Å². The van der Waals surface area contributed by atoms with Crippen LogP contribution >= 0.6 is 0 Å². The summed E-state index contributed by atoms with van der Waals surface area (Å²) in [6, 6.07) is 0. The van der Waals surface area contributed by atoms with E-state index in [9.17, 15) is 9.59 Å². The predicted octanol–water partition coefficient (Wildman–Crippen LogP) is 0.151. The van der Waals surface area contributed by atoms with Gasteiger partial charge in [0.2, 0.25) is 0 Å². The predicted molar refractivity (Wildman–Crippen MR) is 39.6 cm³/mol. The highest BCUT2D eigenvalue weighted by Crippen LogP contribution is 2.18. The summed E-state index contributed by atoms with van der Waals surface area (Å²) >= 11 is 0. The minimum absolute atomic E-state index is 0.249. The molecule has 1 aliphatic heterocycles. The van der Waals surface area contributed by atoms with Crippen LogP contribution in [0, 0.1) is 0 Å². The van der Waals surface area contributed by atoms with Gasteiger partial charge in [0.05, 0.1) is 0 Å².